The molecular weight excluding hydrogens is 398 g/mol. The first-order chi connectivity index (χ1) is 15.2. The number of nitriles is 1. The molecule has 178 valence electrons. The summed E-state index contributed by atoms with van der Waals surface area (Å²) in [5.74, 6) is 1.73. The van der Waals surface area contributed by atoms with E-state index in [1.807, 2.05) is 6.92 Å². The maximum Gasteiger partial charge on any atom is 0.155 e. The number of fused-ring (bicyclic) bond motifs is 5. The van der Waals surface area contributed by atoms with Gasteiger partial charge in [0.2, 0.25) is 0 Å². The van der Waals surface area contributed by atoms with Crippen molar-refractivity contribution < 1.29 is 15.0 Å². The van der Waals surface area contributed by atoms with Gasteiger partial charge in [-0.15, -0.1) is 0 Å². The van der Waals surface area contributed by atoms with Crippen LogP contribution in [0.5, 0.6) is 0 Å². The predicted octanol–water partition coefficient (Wildman–Crippen LogP) is 5.72. The first-order valence-electron chi connectivity index (χ1n) is 13.2. The Kier molecular flexibility index (Phi) is 6.65. The van der Waals surface area contributed by atoms with Gasteiger partial charge in [0, 0.05) is 12.8 Å². The van der Waals surface area contributed by atoms with Gasteiger partial charge in [0.25, 0.3) is 0 Å². The number of nitrogens with zero attached hydrogens (tertiary/aromatic N) is 1. The third kappa shape index (κ3) is 3.78. The van der Waals surface area contributed by atoms with Crippen molar-refractivity contribution in [3.05, 3.63) is 11.6 Å². The lowest BCUT2D eigenvalue weighted by atomic mass is 9.43. The molecule has 0 saturated heterocycles. The number of aliphatic hydroxyl groups is 2. The maximum atomic E-state index is 12.3. The highest BCUT2D eigenvalue weighted by Crippen LogP contribution is 2.69. The van der Waals surface area contributed by atoms with Crippen LogP contribution in [0.25, 0.3) is 0 Å². The highest BCUT2D eigenvalue weighted by Gasteiger charge is 2.65. The fourth-order valence-electron chi connectivity index (χ4n) is 8.45. The first kappa shape index (κ1) is 24.0. The zero-order valence-electron chi connectivity index (χ0n) is 20.4. The molecule has 0 aliphatic heterocycles. The molecule has 3 fully saturated rings. The van der Waals surface area contributed by atoms with E-state index in [2.05, 4.69) is 19.9 Å². The van der Waals surface area contributed by atoms with Crippen LogP contribution in [0.2, 0.25) is 0 Å². The largest absolute Gasteiger partial charge is 0.390 e. The molecule has 3 saturated carbocycles. The molecule has 0 radical (unpaired) electrons. The summed E-state index contributed by atoms with van der Waals surface area (Å²) >= 11 is 0. The quantitative estimate of drug-likeness (QED) is 0.495. The minimum absolute atomic E-state index is 0.0779. The summed E-state index contributed by atoms with van der Waals surface area (Å²) in [6, 6.07) is 2.22. The van der Waals surface area contributed by atoms with Gasteiger partial charge < -0.3 is 10.2 Å². The summed E-state index contributed by atoms with van der Waals surface area (Å²) in [5.41, 5.74) is 0.230. The smallest absolute Gasteiger partial charge is 0.155 e. The molecule has 4 aliphatic rings. The molecule has 0 aromatic rings. The van der Waals surface area contributed by atoms with Crippen LogP contribution in [0, 0.1) is 45.8 Å². The van der Waals surface area contributed by atoms with Crippen LogP contribution in [0.1, 0.15) is 104 Å². The van der Waals surface area contributed by atoms with Crippen LogP contribution in [0.4, 0.5) is 0 Å². The summed E-state index contributed by atoms with van der Waals surface area (Å²) in [6.07, 6.45) is 13.9. The lowest BCUT2D eigenvalue weighted by Gasteiger charge is -2.62. The van der Waals surface area contributed by atoms with Crippen molar-refractivity contribution in [1.82, 2.24) is 0 Å². The van der Waals surface area contributed by atoms with Gasteiger partial charge in [0.15, 0.2) is 5.78 Å². The number of hydrogen-bond donors (Lipinski definition) is 2. The minimum Gasteiger partial charge on any atom is -0.390 e. The van der Waals surface area contributed by atoms with Crippen LogP contribution < -0.4 is 0 Å². The summed E-state index contributed by atoms with van der Waals surface area (Å²) in [4.78, 5) is 12.3. The van der Waals surface area contributed by atoms with E-state index >= 15 is 0 Å². The Balaban J connectivity index is 1.58. The molecule has 0 aromatic carbocycles. The van der Waals surface area contributed by atoms with Crippen LogP contribution in [-0.2, 0) is 4.79 Å². The van der Waals surface area contributed by atoms with Crippen molar-refractivity contribution in [3.63, 3.8) is 0 Å². The molecule has 0 heterocycles. The van der Waals surface area contributed by atoms with Crippen LogP contribution in [0.3, 0.4) is 0 Å². The molecule has 4 aliphatic carbocycles. The molecule has 8 atom stereocenters. The number of hydrogen-bond acceptors (Lipinski definition) is 4. The summed E-state index contributed by atoms with van der Waals surface area (Å²) < 4.78 is 0. The second-order valence-electron chi connectivity index (χ2n) is 12.1. The number of rotatable bonds is 7. The van der Waals surface area contributed by atoms with Crippen LogP contribution in [0.15, 0.2) is 11.6 Å². The van der Waals surface area contributed by atoms with Crippen molar-refractivity contribution in [1.29, 1.82) is 5.26 Å². The highest BCUT2D eigenvalue weighted by molar-refractivity contribution is 5.91. The molecule has 4 rings (SSSR count). The second-order valence-corrected chi connectivity index (χ2v) is 12.1. The number of carbonyl (C=O) groups excluding carboxylic acids is 1. The lowest BCUT2D eigenvalue weighted by molar-refractivity contribution is -0.152. The van der Waals surface area contributed by atoms with Gasteiger partial charge in [-0.2, -0.15) is 5.26 Å². The lowest BCUT2D eigenvalue weighted by Crippen LogP contribution is -2.59. The van der Waals surface area contributed by atoms with Gasteiger partial charge in [0.1, 0.15) is 0 Å². The zero-order chi connectivity index (χ0) is 23.1. The third-order valence-corrected chi connectivity index (χ3v) is 10.6. The monoisotopic (exact) mass is 441 g/mol. The van der Waals surface area contributed by atoms with E-state index in [9.17, 15) is 15.0 Å². The normalized spacial score (nSPS) is 45.4. The summed E-state index contributed by atoms with van der Waals surface area (Å²) in [7, 11) is 0. The van der Waals surface area contributed by atoms with Crippen molar-refractivity contribution in [2.45, 2.75) is 116 Å². The van der Waals surface area contributed by atoms with Crippen molar-refractivity contribution in [2.75, 3.05) is 0 Å². The molecule has 0 bridgehead atoms. The van der Waals surface area contributed by atoms with Crippen molar-refractivity contribution in [2.24, 2.45) is 34.5 Å². The van der Waals surface area contributed by atoms with E-state index in [-0.39, 0.29) is 22.5 Å². The van der Waals surface area contributed by atoms with Gasteiger partial charge in [-0.05, 0) is 98.0 Å². The van der Waals surface area contributed by atoms with Gasteiger partial charge in [-0.3, -0.25) is 4.79 Å². The Bertz CT molecular complexity index is 795. The summed E-state index contributed by atoms with van der Waals surface area (Å²) in [6.45, 7) is 6.65. The summed E-state index contributed by atoms with van der Waals surface area (Å²) in [5, 5.41) is 31.7. The minimum atomic E-state index is -0.627. The molecule has 2 N–H and O–H groups in total. The predicted molar refractivity (Wildman–Crippen MR) is 126 cm³/mol. The highest BCUT2D eigenvalue weighted by atomic mass is 16.3. The average Bonchev–Trinajstić information content (AvgIpc) is 3.00. The number of carbonyl (C=O) groups is 1. The topological polar surface area (TPSA) is 81.3 Å². The van der Waals surface area contributed by atoms with E-state index in [0.29, 0.717) is 30.6 Å². The van der Waals surface area contributed by atoms with Gasteiger partial charge in [-0.1, -0.05) is 39.5 Å². The molecule has 4 heteroatoms. The molecular formula is C28H43NO3. The zero-order valence-corrected chi connectivity index (χ0v) is 20.4. The van der Waals surface area contributed by atoms with Crippen LogP contribution >= 0.6 is 0 Å². The SMILES string of the molecule is C[C@]12CCC(=O)C=C1[C@H](O)[C@@H](CCCCCCCC#N)[C@@H]1[C@@H]2CC[C@@]2(C)[C@H]1CC[C@]2(C)O. The Morgan fingerprint density at radius 3 is 2.47 bits per heavy atom. The average molecular weight is 442 g/mol. The number of ketones is 1. The Morgan fingerprint density at radius 2 is 1.72 bits per heavy atom. The Labute approximate surface area is 194 Å². The molecule has 0 unspecified atom stereocenters. The molecule has 0 aromatic heterocycles. The number of aliphatic hydroxyl groups excluding tert-OH is 1. The van der Waals surface area contributed by atoms with Crippen molar-refractivity contribution >= 4 is 5.78 Å². The van der Waals surface area contributed by atoms with Crippen molar-refractivity contribution in [3.8, 4) is 6.07 Å². The molecule has 32 heavy (non-hydrogen) atoms. The molecule has 0 spiro atoms. The fraction of sp³-hybridized carbons (Fsp3) is 0.857. The van der Waals surface area contributed by atoms with Gasteiger partial charge in [-0.25, -0.2) is 0 Å². The second kappa shape index (κ2) is 8.88. The number of unbranched alkanes of at least 4 members (excludes halogenated alkanes) is 5. The van der Waals surface area contributed by atoms with E-state index in [1.165, 1.54) is 0 Å². The first-order valence-corrected chi connectivity index (χ1v) is 13.2. The molecule has 0 amide bonds. The third-order valence-electron chi connectivity index (χ3n) is 10.6. The fourth-order valence-corrected chi connectivity index (χ4v) is 8.45. The van der Waals surface area contributed by atoms with E-state index in [1.54, 1.807) is 6.08 Å². The Morgan fingerprint density at radius 1 is 1.03 bits per heavy atom. The van der Waals surface area contributed by atoms with E-state index in [4.69, 9.17) is 5.26 Å². The van der Waals surface area contributed by atoms with E-state index in [0.717, 1.165) is 76.2 Å². The standard InChI is InChI=1S/C28H43NO3/c1-26-14-11-19(30)18-23(26)25(31)20(10-8-6-4-5-7-9-17-29)24-21(26)12-15-27(2)22(24)13-16-28(27,3)32/h18,20-22,24-25,31-32H,4-16H2,1-3H3/t20-,21-,22-,24+,25+,26+,27-,28-/m0/s1. The Hall–Kier alpha value is -1.18. The maximum absolute atomic E-state index is 12.3. The van der Waals surface area contributed by atoms with Gasteiger partial charge >= 0.3 is 0 Å². The van der Waals surface area contributed by atoms with Gasteiger partial charge in [0.05, 0.1) is 17.8 Å². The van der Waals surface area contributed by atoms with Crippen LogP contribution in [-0.4, -0.2) is 27.7 Å². The van der Waals surface area contributed by atoms with E-state index < -0.39 is 11.7 Å². The molecule has 4 nitrogen and oxygen atoms in total.